The van der Waals surface area contributed by atoms with Crippen LogP contribution in [-0.4, -0.2) is 28.6 Å². The smallest absolute Gasteiger partial charge is 0.162 e. The van der Waals surface area contributed by atoms with Gasteiger partial charge in [0, 0.05) is 12.0 Å². The van der Waals surface area contributed by atoms with Crippen molar-refractivity contribution < 1.29 is 15.0 Å². The monoisotopic (exact) mass is 349 g/mol. The Morgan fingerprint density at radius 1 is 1.04 bits per heavy atom. The van der Waals surface area contributed by atoms with E-state index in [0.717, 1.165) is 12.8 Å². The predicted octanol–water partition coefficient (Wildman–Crippen LogP) is 4.14. The summed E-state index contributed by atoms with van der Waals surface area (Å²) >= 11 is 0. The van der Waals surface area contributed by atoms with E-state index in [-0.39, 0.29) is 12.4 Å². The highest BCUT2D eigenvalue weighted by atomic mass is 16.3. The number of aliphatic hydroxyl groups excluding tert-OH is 2. The highest BCUT2D eigenvalue weighted by Gasteiger charge is 2.17. The van der Waals surface area contributed by atoms with E-state index in [1.165, 1.54) is 44.9 Å². The van der Waals surface area contributed by atoms with E-state index < -0.39 is 12.1 Å². The van der Waals surface area contributed by atoms with Gasteiger partial charge in [0.15, 0.2) is 5.78 Å². The Hall–Kier alpha value is -1.23. The number of hydrogen-bond donors (Lipinski definition) is 3. The second-order valence-corrected chi connectivity index (χ2v) is 6.92. The van der Waals surface area contributed by atoms with Crippen molar-refractivity contribution in [2.45, 2.75) is 83.3 Å². The molecule has 4 nitrogen and oxygen atoms in total. The van der Waals surface area contributed by atoms with Crippen molar-refractivity contribution in [1.29, 1.82) is 0 Å². The molecular formula is C21H35NO3. The van der Waals surface area contributed by atoms with Crippen LogP contribution in [0.4, 0.5) is 0 Å². The van der Waals surface area contributed by atoms with Crippen LogP contribution in [0.2, 0.25) is 0 Å². The zero-order valence-electron chi connectivity index (χ0n) is 15.6. The van der Waals surface area contributed by atoms with Gasteiger partial charge in [0.25, 0.3) is 0 Å². The molecule has 0 spiro atoms. The minimum Gasteiger partial charge on any atom is -0.395 e. The first kappa shape index (κ1) is 21.8. The maximum atomic E-state index is 12.3. The quantitative estimate of drug-likeness (QED) is 0.348. The van der Waals surface area contributed by atoms with Crippen molar-refractivity contribution in [2.75, 3.05) is 6.61 Å². The molecule has 0 aliphatic rings. The van der Waals surface area contributed by atoms with Crippen LogP contribution in [0.5, 0.6) is 0 Å². The Labute approximate surface area is 152 Å². The number of Topliss-reactive ketones (excluding diaryl/α,β-unsaturated/α-hetero) is 1. The molecule has 0 aliphatic carbocycles. The lowest BCUT2D eigenvalue weighted by molar-refractivity contribution is 0.0977. The van der Waals surface area contributed by atoms with Gasteiger partial charge in [-0.15, -0.1) is 0 Å². The summed E-state index contributed by atoms with van der Waals surface area (Å²) in [6.45, 7) is 1.94. The van der Waals surface area contributed by atoms with E-state index in [9.17, 15) is 9.90 Å². The molecule has 142 valence electrons. The summed E-state index contributed by atoms with van der Waals surface area (Å²) in [5, 5.41) is 19.1. The molecule has 0 saturated carbocycles. The predicted molar refractivity (Wildman–Crippen MR) is 103 cm³/mol. The van der Waals surface area contributed by atoms with Gasteiger partial charge in [-0.1, -0.05) is 76.5 Å². The Bertz CT molecular complexity index is 490. The molecule has 4 N–H and O–H groups in total. The highest BCUT2D eigenvalue weighted by molar-refractivity contribution is 5.96. The van der Waals surface area contributed by atoms with Crippen molar-refractivity contribution in [1.82, 2.24) is 0 Å². The molecular weight excluding hydrogens is 314 g/mol. The van der Waals surface area contributed by atoms with Crippen molar-refractivity contribution in [3.05, 3.63) is 35.4 Å². The van der Waals surface area contributed by atoms with Crippen LogP contribution >= 0.6 is 0 Å². The first-order valence-corrected chi connectivity index (χ1v) is 9.77. The van der Waals surface area contributed by atoms with Gasteiger partial charge in [-0.05, 0) is 18.1 Å². The third-order valence-corrected chi connectivity index (χ3v) is 4.67. The largest absolute Gasteiger partial charge is 0.395 e. The number of carbonyl (C=O) groups excluding carboxylic acids is 1. The summed E-state index contributed by atoms with van der Waals surface area (Å²) < 4.78 is 0. The second-order valence-electron chi connectivity index (χ2n) is 6.92. The van der Waals surface area contributed by atoms with Gasteiger partial charge in [0.1, 0.15) is 0 Å². The Kier molecular flexibility index (Phi) is 11.4. The fraction of sp³-hybridized carbons (Fsp3) is 0.667. The summed E-state index contributed by atoms with van der Waals surface area (Å²) in [4.78, 5) is 12.3. The Morgan fingerprint density at radius 3 is 2.24 bits per heavy atom. The topological polar surface area (TPSA) is 83.5 Å². The molecule has 0 bridgehead atoms. The molecule has 1 rings (SSSR count). The molecule has 0 amide bonds. The third-order valence-electron chi connectivity index (χ3n) is 4.67. The zero-order chi connectivity index (χ0) is 18.5. The molecule has 25 heavy (non-hydrogen) atoms. The fourth-order valence-corrected chi connectivity index (χ4v) is 2.98. The summed E-state index contributed by atoms with van der Waals surface area (Å²) in [7, 11) is 0. The van der Waals surface area contributed by atoms with Crippen molar-refractivity contribution >= 4 is 5.78 Å². The number of unbranched alkanes of at least 4 members (excludes halogenated alkanes) is 8. The lowest BCUT2D eigenvalue weighted by atomic mass is 9.97. The molecule has 0 aliphatic heterocycles. The van der Waals surface area contributed by atoms with Crippen LogP contribution in [0.3, 0.4) is 0 Å². The van der Waals surface area contributed by atoms with E-state index >= 15 is 0 Å². The van der Waals surface area contributed by atoms with E-state index in [2.05, 4.69) is 6.92 Å². The lowest BCUT2D eigenvalue weighted by Gasteiger charge is -2.17. The Balaban J connectivity index is 2.29. The number of carbonyl (C=O) groups is 1. The van der Waals surface area contributed by atoms with Crippen LogP contribution in [0.15, 0.2) is 24.3 Å². The molecule has 0 unspecified atom stereocenters. The molecule has 1 aromatic rings. The van der Waals surface area contributed by atoms with Crippen molar-refractivity contribution in [3.8, 4) is 0 Å². The maximum absolute atomic E-state index is 12.3. The molecule has 4 heteroatoms. The van der Waals surface area contributed by atoms with E-state index in [4.69, 9.17) is 10.8 Å². The molecule has 0 radical (unpaired) electrons. The number of rotatable bonds is 14. The number of ketones is 1. The molecule has 1 aromatic carbocycles. The molecule has 0 fully saturated rings. The van der Waals surface area contributed by atoms with Crippen LogP contribution in [-0.2, 0) is 0 Å². The van der Waals surface area contributed by atoms with Gasteiger partial charge in [0.2, 0.25) is 0 Å². The van der Waals surface area contributed by atoms with Crippen molar-refractivity contribution in [3.63, 3.8) is 0 Å². The molecule has 0 saturated heterocycles. The lowest BCUT2D eigenvalue weighted by Crippen LogP contribution is -2.32. The van der Waals surface area contributed by atoms with Crippen molar-refractivity contribution in [2.24, 2.45) is 5.73 Å². The van der Waals surface area contributed by atoms with Crippen LogP contribution in [0, 0.1) is 0 Å². The fourth-order valence-electron chi connectivity index (χ4n) is 2.98. The molecule has 2 atom stereocenters. The van der Waals surface area contributed by atoms with Crippen LogP contribution in [0.1, 0.15) is 93.2 Å². The SMILES string of the molecule is CCCCCCCCCCCC(=O)c1cccc([C@@H](O)[C@@H](N)CO)c1. The van der Waals surface area contributed by atoms with Crippen LogP contribution in [0.25, 0.3) is 0 Å². The van der Waals surface area contributed by atoms with Gasteiger partial charge >= 0.3 is 0 Å². The standard InChI is InChI=1S/C21H35NO3/c1-2-3-4-5-6-7-8-9-10-14-20(24)17-12-11-13-18(15-17)21(25)19(22)16-23/h11-13,15,19,21,23,25H,2-10,14,16,22H2,1H3/t19-,21+/m0/s1. The second kappa shape index (κ2) is 13.0. The number of benzene rings is 1. The normalized spacial score (nSPS) is 13.6. The molecule has 0 heterocycles. The first-order chi connectivity index (χ1) is 12.1. The molecule has 0 aromatic heterocycles. The summed E-state index contributed by atoms with van der Waals surface area (Å²) in [6, 6.07) is 6.22. The van der Waals surface area contributed by atoms with Crippen LogP contribution < -0.4 is 5.73 Å². The van der Waals surface area contributed by atoms with Gasteiger partial charge < -0.3 is 15.9 Å². The summed E-state index contributed by atoms with van der Waals surface area (Å²) in [5.74, 6) is 0.106. The zero-order valence-corrected chi connectivity index (χ0v) is 15.6. The van der Waals surface area contributed by atoms with Gasteiger partial charge in [0.05, 0.1) is 18.8 Å². The van der Waals surface area contributed by atoms with Gasteiger partial charge in [-0.25, -0.2) is 0 Å². The maximum Gasteiger partial charge on any atom is 0.162 e. The summed E-state index contributed by atoms with van der Waals surface area (Å²) in [5.41, 5.74) is 6.85. The minimum atomic E-state index is -0.953. The van der Waals surface area contributed by atoms with E-state index in [1.807, 2.05) is 0 Å². The first-order valence-electron chi connectivity index (χ1n) is 9.77. The van der Waals surface area contributed by atoms with Gasteiger partial charge in [-0.2, -0.15) is 0 Å². The highest BCUT2D eigenvalue weighted by Crippen LogP contribution is 2.19. The average Bonchev–Trinajstić information content (AvgIpc) is 2.65. The van der Waals surface area contributed by atoms with E-state index in [0.29, 0.717) is 17.5 Å². The average molecular weight is 350 g/mol. The van der Waals surface area contributed by atoms with Gasteiger partial charge in [-0.3, -0.25) is 4.79 Å². The Morgan fingerprint density at radius 2 is 1.64 bits per heavy atom. The van der Waals surface area contributed by atoms with E-state index in [1.54, 1.807) is 24.3 Å². The number of nitrogens with two attached hydrogens (primary N) is 1. The number of hydrogen-bond acceptors (Lipinski definition) is 4. The third kappa shape index (κ3) is 8.61. The minimum absolute atomic E-state index is 0.106. The summed E-state index contributed by atoms with van der Waals surface area (Å²) in [6.07, 6.45) is 10.7. The number of aliphatic hydroxyl groups is 2.